The van der Waals surface area contributed by atoms with Crippen molar-refractivity contribution >= 4 is 17.6 Å². The highest BCUT2D eigenvalue weighted by molar-refractivity contribution is 5.94. The largest absolute Gasteiger partial charge is 0.478 e. The zero-order valence-corrected chi connectivity index (χ0v) is 11.6. The number of methoxy groups -OCH3 is 1. The van der Waals surface area contributed by atoms with Gasteiger partial charge < -0.3 is 14.7 Å². The number of carbonyl (C=O) groups is 2. The number of nitrogens with zero attached hydrogens (tertiary/aromatic N) is 1. The number of aromatic carboxylic acids is 1. The molecule has 0 aromatic heterocycles. The second kappa shape index (κ2) is 5.84. The Morgan fingerprint density at radius 2 is 1.79 bits per heavy atom. The minimum absolute atomic E-state index is 0.0880. The Morgan fingerprint density at radius 1 is 1.26 bits per heavy atom. The van der Waals surface area contributed by atoms with E-state index in [1.165, 1.54) is 17.0 Å². The van der Waals surface area contributed by atoms with Crippen LogP contribution in [0.3, 0.4) is 0 Å². The van der Waals surface area contributed by atoms with E-state index in [4.69, 9.17) is 9.84 Å². The number of amides is 1. The van der Waals surface area contributed by atoms with Crippen LogP contribution in [0.1, 0.15) is 30.6 Å². The van der Waals surface area contributed by atoms with E-state index in [-0.39, 0.29) is 17.9 Å². The van der Waals surface area contributed by atoms with Crippen LogP contribution < -0.4 is 4.90 Å². The summed E-state index contributed by atoms with van der Waals surface area (Å²) >= 11 is 0. The molecule has 0 aliphatic carbocycles. The Hall–Kier alpha value is -1.88. The third-order valence-electron chi connectivity index (χ3n) is 3.01. The van der Waals surface area contributed by atoms with Crippen LogP contribution in [0.25, 0.3) is 0 Å². The van der Waals surface area contributed by atoms with E-state index in [0.717, 1.165) is 0 Å². The quantitative estimate of drug-likeness (QED) is 0.886. The lowest BCUT2D eigenvalue weighted by molar-refractivity contribution is -0.123. The van der Waals surface area contributed by atoms with Gasteiger partial charge in [-0.1, -0.05) is 0 Å². The van der Waals surface area contributed by atoms with Crippen LogP contribution in [-0.4, -0.2) is 36.7 Å². The van der Waals surface area contributed by atoms with E-state index >= 15 is 0 Å². The molecule has 104 valence electrons. The summed E-state index contributed by atoms with van der Waals surface area (Å²) in [7, 11) is 3.22. The van der Waals surface area contributed by atoms with Crippen LogP contribution in [0, 0.1) is 0 Å². The zero-order chi connectivity index (χ0) is 14.6. The van der Waals surface area contributed by atoms with Crippen molar-refractivity contribution in [2.24, 2.45) is 0 Å². The molecule has 0 unspecified atom stereocenters. The van der Waals surface area contributed by atoms with Gasteiger partial charge in [0.1, 0.15) is 0 Å². The smallest absolute Gasteiger partial charge is 0.335 e. The number of benzene rings is 1. The number of carboxylic acids is 1. The molecule has 1 aromatic carbocycles. The third kappa shape index (κ3) is 4.06. The highest BCUT2D eigenvalue weighted by Gasteiger charge is 2.23. The van der Waals surface area contributed by atoms with Gasteiger partial charge in [0.05, 0.1) is 17.6 Å². The van der Waals surface area contributed by atoms with Gasteiger partial charge in [-0.05, 0) is 38.1 Å². The summed E-state index contributed by atoms with van der Waals surface area (Å²) in [6.45, 7) is 3.68. The van der Waals surface area contributed by atoms with Crippen LogP contribution in [0.2, 0.25) is 0 Å². The lowest BCUT2D eigenvalue weighted by Crippen LogP contribution is -2.35. The molecule has 5 nitrogen and oxygen atoms in total. The predicted octanol–water partition coefficient (Wildman–Crippen LogP) is 2.16. The average Bonchev–Trinajstić information content (AvgIpc) is 2.37. The van der Waals surface area contributed by atoms with E-state index in [1.807, 2.05) is 13.8 Å². The summed E-state index contributed by atoms with van der Waals surface area (Å²) in [5.41, 5.74) is 0.329. The second-order valence-corrected chi connectivity index (χ2v) is 4.95. The van der Waals surface area contributed by atoms with Gasteiger partial charge in [0.15, 0.2) is 0 Å². The fourth-order valence-corrected chi connectivity index (χ4v) is 1.53. The predicted molar refractivity (Wildman–Crippen MR) is 72.5 cm³/mol. The van der Waals surface area contributed by atoms with Crippen LogP contribution in [0.15, 0.2) is 24.3 Å². The van der Waals surface area contributed by atoms with Crippen LogP contribution in [0.4, 0.5) is 5.69 Å². The molecule has 0 spiro atoms. The van der Waals surface area contributed by atoms with Crippen molar-refractivity contribution in [2.45, 2.75) is 25.9 Å². The zero-order valence-electron chi connectivity index (χ0n) is 11.6. The Labute approximate surface area is 112 Å². The van der Waals surface area contributed by atoms with Gasteiger partial charge in [0.2, 0.25) is 5.91 Å². The number of rotatable bonds is 5. The fraction of sp³-hybridized carbons (Fsp3) is 0.429. The molecule has 0 saturated heterocycles. The molecule has 19 heavy (non-hydrogen) atoms. The van der Waals surface area contributed by atoms with Crippen molar-refractivity contribution in [1.29, 1.82) is 0 Å². The third-order valence-corrected chi connectivity index (χ3v) is 3.01. The number of hydrogen-bond donors (Lipinski definition) is 1. The molecule has 0 saturated carbocycles. The molecule has 1 N–H and O–H groups in total. The van der Waals surface area contributed by atoms with E-state index in [0.29, 0.717) is 5.69 Å². The molecule has 0 heterocycles. The molecular formula is C14H19NO4. The SMILES string of the molecule is COC(C)(C)CC(=O)N(C)c1ccc(C(=O)O)cc1. The van der Waals surface area contributed by atoms with Crippen LogP contribution in [-0.2, 0) is 9.53 Å². The minimum atomic E-state index is -0.985. The van der Waals surface area contributed by atoms with Crippen LogP contribution in [0.5, 0.6) is 0 Å². The monoisotopic (exact) mass is 265 g/mol. The Balaban J connectivity index is 2.80. The van der Waals surface area contributed by atoms with Crippen molar-refractivity contribution in [3.63, 3.8) is 0 Å². The maximum absolute atomic E-state index is 12.1. The minimum Gasteiger partial charge on any atom is -0.478 e. The Morgan fingerprint density at radius 3 is 2.21 bits per heavy atom. The molecular weight excluding hydrogens is 246 g/mol. The summed E-state index contributed by atoms with van der Waals surface area (Å²) in [6.07, 6.45) is 0.251. The summed E-state index contributed by atoms with van der Waals surface area (Å²) in [6, 6.07) is 6.17. The number of carbonyl (C=O) groups excluding carboxylic acids is 1. The first-order chi connectivity index (χ1) is 8.76. The number of anilines is 1. The molecule has 0 radical (unpaired) electrons. The molecule has 1 rings (SSSR count). The fourth-order valence-electron chi connectivity index (χ4n) is 1.53. The first-order valence-electron chi connectivity index (χ1n) is 5.92. The van der Waals surface area contributed by atoms with Gasteiger partial charge in [-0.2, -0.15) is 0 Å². The Kier molecular flexibility index (Phi) is 4.67. The Bertz CT molecular complexity index is 465. The normalized spacial score (nSPS) is 11.2. The second-order valence-electron chi connectivity index (χ2n) is 4.95. The summed E-state index contributed by atoms with van der Waals surface area (Å²) in [5.74, 6) is -1.07. The van der Waals surface area contributed by atoms with Crippen molar-refractivity contribution < 1.29 is 19.4 Å². The number of carboxylic acid groups (broad SMARTS) is 1. The first-order valence-corrected chi connectivity index (χ1v) is 5.92. The molecule has 0 bridgehead atoms. The van der Waals surface area contributed by atoms with Crippen molar-refractivity contribution in [1.82, 2.24) is 0 Å². The highest BCUT2D eigenvalue weighted by Crippen LogP contribution is 2.19. The summed E-state index contributed by atoms with van der Waals surface area (Å²) in [5, 5.41) is 8.81. The number of hydrogen-bond acceptors (Lipinski definition) is 3. The van der Waals surface area contributed by atoms with Gasteiger partial charge in [0.25, 0.3) is 0 Å². The lowest BCUT2D eigenvalue weighted by Gasteiger charge is -2.25. The summed E-state index contributed by atoms with van der Waals surface area (Å²) in [4.78, 5) is 24.3. The van der Waals surface area contributed by atoms with Gasteiger partial charge in [-0.3, -0.25) is 4.79 Å². The van der Waals surface area contributed by atoms with Gasteiger partial charge in [-0.15, -0.1) is 0 Å². The molecule has 0 aliphatic heterocycles. The molecule has 5 heteroatoms. The summed E-state index contributed by atoms with van der Waals surface area (Å²) < 4.78 is 5.22. The molecule has 0 fully saturated rings. The average molecular weight is 265 g/mol. The van der Waals surface area contributed by atoms with E-state index < -0.39 is 11.6 Å². The van der Waals surface area contributed by atoms with Gasteiger partial charge in [0, 0.05) is 19.8 Å². The standard InChI is InChI=1S/C14H19NO4/c1-14(2,19-4)9-12(16)15(3)11-7-5-10(6-8-11)13(17)18/h5-8H,9H2,1-4H3,(H,17,18). The molecule has 0 atom stereocenters. The molecule has 0 aliphatic rings. The van der Waals surface area contributed by atoms with Crippen molar-refractivity contribution in [3.05, 3.63) is 29.8 Å². The van der Waals surface area contributed by atoms with Crippen LogP contribution >= 0.6 is 0 Å². The van der Waals surface area contributed by atoms with Gasteiger partial charge in [-0.25, -0.2) is 4.79 Å². The molecule has 1 amide bonds. The van der Waals surface area contributed by atoms with E-state index in [1.54, 1.807) is 26.3 Å². The van der Waals surface area contributed by atoms with Crippen molar-refractivity contribution in [3.8, 4) is 0 Å². The number of ether oxygens (including phenoxy) is 1. The topological polar surface area (TPSA) is 66.8 Å². The highest BCUT2D eigenvalue weighted by atomic mass is 16.5. The van der Waals surface area contributed by atoms with Gasteiger partial charge >= 0.3 is 5.97 Å². The van der Waals surface area contributed by atoms with Crippen molar-refractivity contribution in [2.75, 3.05) is 19.1 Å². The van der Waals surface area contributed by atoms with E-state index in [9.17, 15) is 9.59 Å². The maximum Gasteiger partial charge on any atom is 0.335 e. The van der Waals surface area contributed by atoms with E-state index in [2.05, 4.69) is 0 Å². The first kappa shape index (κ1) is 15.2. The lowest BCUT2D eigenvalue weighted by atomic mass is 10.0. The maximum atomic E-state index is 12.1. The molecule has 1 aromatic rings.